The predicted molar refractivity (Wildman–Crippen MR) is 76.8 cm³/mol. The standard InChI is InChI=1S/C15H18ClNO3/c1-10(13(18)19)6-9-17-14(20)15(7-8-15)11-2-4-12(16)5-3-11/h2-5,10H,6-9H2,1H3,(H,17,20)(H,18,19). The van der Waals surface area contributed by atoms with Gasteiger partial charge in [-0.25, -0.2) is 0 Å². The van der Waals surface area contributed by atoms with Crippen molar-refractivity contribution in [3.63, 3.8) is 0 Å². The Balaban J connectivity index is 1.92. The molecule has 0 radical (unpaired) electrons. The summed E-state index contributed by atoms with van der Waals surface area (Å²) in [7, 11) is 0. The molecule has 2 rings (SSSR count). The lowest BCUT2D eigenvalue weighted by molar-refractivity contribution is -0.141. The van der Waals surface area contributed by atoms with E-state index in [4.69, 9.17) is 16.7 Å². The quantitative estimate of drug-likeness (QED) is 0.848. The number of nitrogens with one attached hydrogen (secondary N) is 1. The average molecular weight is 296 g/mol. The van der Waals surface area contributed by atoms with E-state index in [9.17, 15) is 9.59 Å². The van der Waals surface area contributed by atoms with Crippen molar-refractivity contribution >= 4 is 23.5 Å². The van der Waals surface area contributed by atoms with Crippen LogP contribution in [0.25, 0.3) is 0 Å². The van der Waals surface area contributed by atoms with E-state index >= 15 is 0 Å². The summed E-state index contributed by atoms with van der Waals surface area (Å²) in [5, 5.41) is 12.3. The summed E-state index contributed by atoms with van der Waals surface area (Å²) >= 11 is 5.85. The van der Waals surface area contributed by atoms with Gasteiger partial charge in [0.2, 0.25) is 5.91 Å². The molecule has 0 bridgehead atoms. The molecule has 0 aliphatic heterocycles. The van der Waals surface area contributed by atoms with Gasteiger partial charge in [0.05, 0.1) is 11.3 Å². The highest BCUT2D eigenvalue weighted by Crippen LogP contribution is 2.48. The van der Waals surface area contributed by atoms with Gasteiger partial charge in [-0.15, -0.1) is 0 Å². The van der Waals surface area contributed by atoms with E-state index in [-0.39, 0.29) is 5.91 Å². The lowest BCUT2D eigenvalue weighted by Gasteiger charge is -2.16. The van der Waals surface area contributed by atoms with Crippen molar-refractivity contribution in [1.29, 1.82) is 0 Å². The van der Waals surface area contributed by atoms with Crippen molar-refractivity contribution in [2.75, 3.05) is 6.54 Å². The van der Waals surface area contributed by atoms with Crippen molar-refractivity contribution in [2.24, 2.45) is 5.92 Å². The zero-order chi connectivity index (χ0) is 14.8. The number of carboxylic acids is 1. The summed E-state index contributed by atoms with van der Waals surface area (Å²) in [6, 6.07) is 7.34. The number of benzene rings is 1. The maximum absolute atomic E-state index is 12.3. The second-order valence-corrected chi connectivity index (χ2v) is 5.81. The van der Waals surface area contributed by atoms with Gasteiger partial charge >= 0.3 is 5.97 Å². The second-order valence-electron chi connectivity index (χ2n) is 5.37. The number of carboxylic acid groups (broad SMARTS) is 1. The number of carbonyl (C=O) groups excluding carboxylic acids is 1. The molecule has 1 saturated carbocycles. The van der Waals surface area contributed by atoms with Crippen LogP contribution in [0.3, 0.4) is 0 Å². The third-order valence-corrected chi connectivity index (χ3v) is 4.12. The monoisotopic (exact) mass is 295 g/mol. The van der Waals surface area contributed by atoms with Crippen LogP contribution in [0.5, 0.6) is 0 Å². The Kier molecular flexibility index (Phi) is 4.33. The summed E-state index contributed by atoms with van der Waals surface area (Å²) in [6.45, 7) is 2.03. The van der Waals surface area contributed by atoms with Crippen LogP contribution >= 0.6 is 11.6 Å². The number of carbonyl (C=O) groups is 2. The van der Waals surface area contributed by atoms with Gasteiger partial charge in [0.25, 0.3) is 0 Å². The molecule has 1 aromatic carbocycles. The number of amides is 1. The van der Waals surface area contributed by atoms with E-state index < -0.39 is 17.3 Å². The molecule has 1 atom stereocenters. The van der Waals surface area contributed by atoms with Gasteiger partial charge in [-0.3, -0.25) is 9.59 Å². The fourth-order valence-corrected chi connectivity index (χ4v) is 2.36. The maximum atomic E-state index is 12.3. The summed E-state index contributed by atoms with van der Waals surface area (Å²) in [6.07, 6.45) is 2.10. The summed E-state index contributed by atoms with van der Waals surface area (Å²) in [5.41, 5.74) is 0.544. The maximum Gasteiger partial charge on any atom is 0.306 e. The molecule has 5 heteroatoms. The minimum atomic E-state index is -0.835. The van der Waals surface area contributed by atoms with Gasteiger partial charge in [-0.1, -0.05) is 30.7 Å². The molecule has 0 spiro atoms. The van der Waals surface area contributed by atoms with Gasteiger partial charge in [-0.2, -0.15) is 0 Å². The number of aliphatic carboxylic acids is 1. The van der Waals surface area contributed by atoms with Crippen molar-refractivity contribution in [3.8, 4) is 0 Å². The number of hydrogen-bond acceptors (Lipinski definition) is 2. The first-order valence-corrected chi connectivity index (χ1v) is 7.11. The van der Waals surface area contributed by atoms with Crippen LogP contribution < -0.4 is 5.32 Å². The highest BCUT2D eigenvalue weighted by molar-refractivity contribution is 6.30. The van der Waals surface area contributed by atoms with Crippen LogP contribution in [0.15, 0.2) is 24.3 Å². The van der Waals surface area contributed by atoms with E-state index in [1.165, 1.54) is 0 Å². The van der Waals surface area contributed by atoms with E-state index in [0.29, 0.717) is 18.0 Å². The first-order valence-electron chi connectivity index (χ1n) is 6.73. The van der Waals surface area contributed by atoms with Gasteiger partial charge in [0.1, 0.15) is 0 Å². The van der Waals surface area contributed by atoms with Gasteiger partial charge in [0, 0.05) is 11.6 Å². The van der Waals surface area contributed by atoms with E-state index in [1.807, 2.05) is 12.1 Å². The molecule has 0 saturated heterocycles. The Morgan fingerprint density at radius 3 is 2.45 bits per heavy atom. The Morgan fingerprint density at radius 1 is 1.35 bits per heavy atom. The molecule has 0 heterocycles. The molecular weight excluding hydrogens is 278 g/mol. The predicted octanol–water partition coefficient (Wildman–Crippen LogP) is 2.60. The third-order valence-electron chi connectivity index (χ3n) is 3.87. The SMILES string of the molecule is CC(CCNC(=O)C1(c2ccc(Cl)cc2)CC1)C(=O)O. The Labute approximate surface area is 123 Å². The second kappa shape index (κ2) is 5.83. The van der Waals surface area contributed by atoms with Crippen molar-refractivity contribution in [1.82, 2.24) is 5.32 Å². The zero-order valence-corrected chi connectivity index (χ0v) is 12.1. The molecule has 1 amide bonds. The summed E-state index contributed by atoms with van der Waals surface area (Å²) in [4.78, 5) is 23.0. The minimum absolute atomic E-state index is 0.0163. The third kappa shape index (κ3) is 3.12. The summed E-state index contributed by atoms with van der Waals surface area (Å²) < 4.78 is 0. The van der Waals surface area contributed by atoms with E-state index in [1.54, 1.807) is 19.1 Å². The number of halogens is 1. The minimum Gasteiger partial charge on any atom is -0.481 e. The number of hydrogen-bond donors (Lipinski definition) is 2. The molecule has 1 unspecified atom stereocenters. The van der Waals surface area contributed by atoms with Crippen LogP contribution in [-0.2, 0) is 15.0 Å². The van der Waals surface area contributed by atoms with Crippen molar-refractivity contribution < 1.29 is 14.7 Å². The molecule has 1 aliphatic carbocycles. The largest absolute Gasteiger partial charge is 0.481 e. The lowest BCUT2D eigenvalue weighted by atomic mass is 9.95. The fourth-order valence-electron chi connectivity index (χ4n) is 2.24. The van der Waals surface area contributed by atoms with Crippen LogP contribution in [0.4, 0.5) is 0 Å². The Bertz CT molecular complexity index is 508. The molecule has 108 valence electrons. The van der Waals surface area contributed by atoms with Crippen molar-refractivity contribution in [3.05, 3.63) is 34.9 Å². The lowest BCUT2D eigenvalue weighted by Crippen LogP contribution is -2.36. The topological polar surface area (TPSA) is 66.4 Å². The highest BCUT2D eigenvalue weighted by Gasteiger charge is 2.50. The Hall–Kier alpha value is -1.55. The van der Waals surface area contributed by atoms with Crippen LogP contribution in [0.1, 0.15) is 31.7 Å². The zero-order valence-electron chi connectivity index (χ0n) is 11.4. The molecule has 1 aromatic rings. The molecule has 20 heavy (non-hydrogen) atoms. The number of rotatable bonds is 6. The fraction of sp³-hybridized carbons (Fsp3) is 0.467. The Morgan fingerprint density at radius 2 is 1.95 bits per heavy atom. The molecule has 1 fully saturated rings. The van der Waals surface area contributed by atoms with Gasteiger partial charge in [-0.05, 0) is 37.0 Å². The normalized spacial score (nSPS) is 17.3. The summed E-state index contributed by atoms with van der Waals surface area (Å²) in [5.74, 6) is -1.29. The van der Waals surface area contributed by atoms with Crippen LogP contribution in [0, 0.1) is 5.92 Å². The van der Waals surface area contributed by atoms with Crippen molar-refractivity contribution in [2.45, 2.75) is 31.6 Å². The van der Waals surface area contributed by atoms with Gasteiger partial charge < -0.3 is 10.4 Å². The smallest absolute Gasteiger partial charge is 0.306 e. The molecule has 4 nitrogen and oxygen atoms in total. The van der Waals surface area contributed by atoms with E-state index in [0.717, 1.165) is 18.4 Å². The molecular formula is C15H18ClNO3. The molecule has 2 N–H and O–H groups in total. The first-order chi connectivity index (χ1) is 9.45. The van der Waals surface area contributed by atoms with E-state index in [2.05, 4.69) is 5.32 Å². The van der Waals surface area contributed by atoms with Gasteiger partial charge in [0.15, 0.2) is 0 Å². The molecule has 0 aromatic heterocycles. The average Bonchev–Trinajstić information content (AvgIpc) is 3.20. The molecule has 1 aliphatic rings. The first kappa shape index (κ1) is 14.9. The van der Waals surface area contributed by atoms with Crippen LogP contribution in [0.2, 0.25) is 5.02 Å². The highest BCUT2D eigenvalue weighted by atomic mass is 35.5. The van der Waals surface area contributed by atoms with Crippen LogP contribution in [-0.4, -0.2) is 23.5 Å².